The van der Waals surface area contributed by atoms with Gasteiger partial charge in [-0.2, -0.15) is 0 Å². The number of thiazole rings is 1. The average molecular weight is 508 g/mol. The molecule has 2 saturated heterocycles. The van der Waals surface area contributed by atoms with Crippen LogP contribution in [0.4, 0.5) is 5.13 Å². The second kappa shape index (κ2) is 11.0. The number of carbonyl (C=O) groups is 1. The van der Waals surface area contributed by atoms with Crippen LogP contribution in [0, 0.1) is 19.8 Å². The Morgan fingerprint density at radius 3 is 2.72 bits per heavy atom. The largest absolute Gasteiger partial charge is 0.488 e. The number of aliphatic carboxylic acids is 1. The molecule has 2 aliphatic rings. The molecular weight excluding hydrogens is 474 g/mol. The highest BCUT2D eigenvalue weighted by Crippen LogP contribution is 2.37. The van der Waals surface area contributed by atoms with E-state index in [0.717, 1.165) is 73.6 Å². The number of anilines is 1. The molecule has 8 heteroatoms. The SMILES string of the molecule is Cc1ccc(OCc2ccc(CN3CCOCC3)cc2C)c(-c2csc(N3CC(CC(=O)O)C3)n2)c1. The van der Waals surface area contributed by atoms with Crippen molar-refractivity contribution in [3.05, 3.63) is 64.0 Å². The maximum Gasteiger partial charge on any atom is 0.303 e. The molecule has 5 rings (SSSR count). The second-order valence-electron chi connectivity index (χ2n) is 9.82. The lowest BCUT2D eigenvalue weighted by Crippen LogP contribution is -2.47. The molecule has 0 unspecified atom stereocenters. The quantitative estimate of drug-likeness (QED) is 0.448. The first kappa shape index (κ1) is 24.7. The molecule has 2 aromatic carbocycles. The van der Waals surface area contributed by atoms with Crippen LogP contribution < -0.4 is 9.64 Å². The van der Waals surface area contributed by atoms with Crippen LogP contribution in [0.5, 0.6) is 5.75 Å². The van der Waals surface area contributed by atoms with Gasteiger partial charge in [-0.15, -0.1) is 11.3 Å². The molecule has 190 valence electrons. The standard InChI is InChI=1S/C28H33N3O4S/c1-19-3-6-26(24(11-19)25-18-36-28(29-25)31-15-22(16-31)13-27(32)33)35-17-23-5-4-21(12-20(23)2)14-30-7-9-34-10-8-30/h3-6,11-12,18,22H,7-10,13-17H2,1-2H3,(H,32,33). The fraction of sp³-hybridized carbons (Fsp3) is 0.429. The molecule has 7 nitrogen and oxygen atoms in total. The smallest absolute Gasteiger partial charge is 0.303 e. The van der Waals surface area contributed by atoms with E-state index in [1.807, 2.05) is 6.07 Å². The third-order valence-electron chi connectivity index (χ3n) is 6.89. The lowest BCUT2D eigenvalue weighted by Gasteiger charge is -2.38. The van der Waals surface area contributed by atoms with E-state index in [2.05, 4.69) is 59.4 Å². The first-order valence-electron chi connectivity index (χ1n) is 12.5. The van der Waals surface area contributed by atoms with Crippen LogP contribution >= 0.6 is 11.3 Å². The molecule has 36 heavy (non-hydrogen) atoms. The highest BCUT2D eigenvalue weighted by atomic mass is 32.1. The number of rotatable bonds is 9. The summed E-state index contributed by atoms with van der Waals surface area (Å²) in [6.07, 6.45) is 0.220. The number of ether oxygens (including phenoxy) is 2. The molecular formula is C28H33N3O4S. The summed E-state index contributed by atoms with van der Waals surface area (Å²) in [5.41, 5.74) is 6.77. The zero-order chi connectivity index (χ0) is 25.1. The summed E-state index contributed by atoms with van der Waals surface area (Å²) in [5, 5.41) is 12.0. The van der Waals surface area contributed by atoms with E-state index in [1.54, 1.807) is 11.3 Å². The Bertz CT molecular complexity index is 1220. The van der Waals surface area contributed by atoms with E-state index in [-0.39, 0.29) is 12.3 Å². The van der Waals surface area contributed by atoms with Crippen molar-refractivity contribution in [2.45, 2.75) is 33.4 Å². The zero-order valence-electron chi connectivity index (χ0n) is 20.9. The Kier molecular flexibility index (Phi) is 7.55. The fourth-order valence-electron chi connectivity index (χ4n) is 4.80. The summed E-state index contributed by atoms with van der Waals surface area (Å²) in [4.78, 5) is 20.4. The van der Waals surface area contributed by atoms with Crippen molar-refractivity contribution in [1.82, 2.24) is 9.88 Å². The first-order chi connectivity index (χ1) is 17.4. The highest BCUT2D eigenvalue weighted by Gasteiger charge is 2.30. The van der Waals surface area contributed by atoms with E-state index in [4.69, 9.17) is 19.6 Å². The van der Waals surface area contributed by atoms with Crippen molar-refractivity contribution in [3.8, 4) is 17.0 Å². The van der Waals surface area contributed by atoms with Crippen LogP contribution in [0.2, 0.25) is 0 Å². The van der Waals surface area contributed by atoms with Crippen molar-refractivity contribution < 1.29 is 19.4 Å². The Labute approximate surface area is 216 Å². The summed E-state index contributed by atoms with van der Waals surface area (Å²) in [5.74, 6) is 0.292. The molecule has 3 heterocycles. The van der Waals surface area contributed by atoms with Gasteiger partial charge in [0.05, 0.1) is 25.3 Å². The number of benzene rings is 2. The zero-order valence-corrected chi connectivity index (χ0v) is 21.7. The molecule has 0 saturated carbocycles. The van der Waals surface area contributed by atoms with E-state index in [0.29, 0.717) is 6.61 Å². The lowest BCUT2D eigenvalue weighted by molar-refractivity contribution is -0.138. The number of aromatic nitrogens is 1. The minimum atomic E-state index is -0.733. The van der Waals surface area contributed by atoms with Gasteiger partial charge < -0.3 is 19.5 Å². The highest BCUT2D eigenvalue weighted by molar-refractivity contribution is 7.14. The maximum atomic E-state index is 10.9. The molecule has 0 aliphatic carbocycles. The van der Waals surface area contributed by atoms with Gasteiger partial charge in [-0.25, -0.2) is 4.98 Å². The predicted molar refractivity (Wildman–Crippen MR) is 142 cm³/mol. The third-order valence-corrected chi connectivity index (χ3v) is 7.80. The van der Waals surface area contributed by atoms with Crippen LogP contribution in [0.25, 0.3) is 11.3 Å². The number of hydrogen-bond acceptors (Lipinski definition) is 7. The van der Waals surface area contributed by atoms with Gasteiger partial charge in [-0.3, -0.25) is 9.69 Å². The van der Waals surface area contributed by atoms with Gasteiger partial charge in [0, 0.05) is 49.6 Å². The lowest BCUT2D eigenvalue weighted by atomic mass is 9.97. The first-order valence-corrected chi connectivity index (χ1v) is 13.4. The van der Waals surface area contributed by atoms with Crippen molar-refractivity contribution in [3.63, 3.8) is 0 Å². The maximum absolute atomic E-state index is 10.9. The van der Waals surface area contributed by atoms with E-state index < -0.39 is 5.97 Å². The van der Waals surface area contributed by atoms with Crippen LogP contribution in [0.15, 0.2) is 41.8 Å². The molecule has 1 N–H and O–H groups in total. The van der Waals surface area contributed by atoms with Gasteiger partial charge in [-0.1, -0.05) is 29.8 Å². The molecule has 2 fully saturated rings. The molecule has 0 amide bonds. The van der Waals surface area contributed by atoms with Crippen molar-refractivity contribution in [1.29, 1.82) is 0 Å². The Balaban J connectivity index is 1.25. The number of carboxylic acids is 1. The summed E-state index contributed by atoms with van der Waals surface area (Å²) in [7, 11) is 0. The normalized spacial score (nSPS) is 16.7. The summed E-state index contributed by atoms with van der Waals surface area (Å²) >= 11 is 1.60. The van der Waals surface area contributed by atoms with Gasteiger partial charge in [0.1, 0.15) is 12.4 Å². The van der Waals surface area contributed by atoms with Crippen LogP contribution in [-0.4, -0.2) is 60.4 Å². The van der Waals surface area contributed by atoms with E-state index in [1.165, 1.54) is 16.7 Å². The third kappa shape index (κ3) is 5.88. The predicted octanol–water partition coefficient (Wildman–Crippen LogP) is 4.75. The second-order valence-corrected chi connectivity index (χ2v) is 10.7. The molecule has 0 bridgehead atoms. The van der Waals surface area contributed by atoms with Crippen molar-refractivity contribution in [2.75, 3.05) is 44.3 Å². The summed E-state index contributed by atoms with van der Waals surface area (Å²) in [6.45, 7) is 10.8. The summed E-state index contributed by atoms with van der Waals surface area (Å²) < 4.78 is 11.8. The number of aryl methyl sites for hydroxylation is 2. The molecule has 0 spiro atoms. The Hall–Kier alpha value is -2.94. The molecule has 0 radical (unpaired) electrons. The minimum Gasteiger partial charge on any atom is -0.488 e. The summed E-state index contributed by atoms with van der Waals surface area (Å²) in [6, 6.07) is 12.9. The fourth-order valence-corrected chi connectivity index (χ4v) is 5.64. The van der Waals surface area contributed by atoms with E-state index >= 15 is 0 Å². The van der Waals surface area contributed by atoms with Crippen LogP contribution in [-0.2, 0) is 22.7 Å². The van der Waals surface area contributed by atoms with E-state index in [9.17, 15) is 4.79 Å². The number of nitrogens with zero attached hydrogens (tertiary/aromatic N) is 3. The van der Waals surface area contributed by atoms with Crippen molar-refractivity contribution >= 4 is 22.4 Å². The van der Waals surface area contributed by atoms with Gasteiger partial charge in [0.25, 0.3) is 0 Å². The Morgan fingerprint density at radius 1 is 1.17 bits per heavy atom. The van der Waals surface area contributed by atoms with Crippen molar-refractivity contribution in [2.24, 2.45) is 5.92 Å². The molecule has 0 atom stereocenters. The average Bonchev–Trinajstić information content (AvgIpc) is 3.31. The van der Waals surface area contributed by atoms with Crippen LogP contribution in [0.3, 0.4) is 0 Å². The minimum absolute atomic E-state index is 0.205. The van der Waals surface area contributed by atoms with Crippen LogP contribution in [0.1, 0.15) is 28.7 Å². The number of carboxylic acid groups (broad SMARTS) is 1. The molecule has 3 aromatic rings. The molecule has 2 aliphatic heterocycles. The Morgan fingerprint density at radius 2 is 1.97 bits per heavy atom. The number of hydrogen-bond donors (Lipinski definition) is 1. The monoisotopic (exact) mass is 507 g/mol. The molecule has 1 aromatic heterocycles. The van der Waals surface area contributed by atoms with Gasteiger partial charge in [-0.05, 0) is 42.7 Å². The number of morpholine rings is 1. The van der Waals surface area contributed by atoms with Gasteiger partial charge in [0.15, 0.2) is 5.13 Å². The van der Waals surface area contributed by atoms with Gasteiger partial charge in [0.2, 0.25) is 0 Å². The van der Waals surface area contributed by atoms with Gasteiger partial charge >= 0.3 is 5.97 Å². The topological polar surface area (TPSA) is 75.1 Å².